The number of halogens is 5. The van der Waals surface area contributed by atoms with Crippen LogP contribution in [0.2, 0.25) is 10.0 Å². The van der Waals surface area contributed by atoms with Gasteiger partial charge in [-0.3, -0.25) is 0 Å². The summed E-state index contributed by atoms with van der Waals surface area (Å²) in [6, 6.07) is 5.53. The van der Waals surface area contributed by atoms with Gasteiger partial charge in [-0.05, 0) is 12.1 Å². The van der Waals surface area contributed by atoms with Crippen molar-refractivity contribution in [3.8, 4) is 0 Å². The first kappa shape index (κ1) is 19.8. The first-order valence-corrected chi connectivity index (χ1v) is 5.99. The molecule has 1 rings (SSSR count). The van der Waals surface area contributed by atoms with Crippen LogP contribution < -0.4 is 10.6 Å². The Balaban J connectivity index is 0. The predicted octanol–water partition coefficient (Wildman–Crippen LogP) is 4.08. The SMILES string of the molecule is Cl.Cl.ClCCNCCNc1cccc(Cl)c1Cl. The Morgan fingerprint density at radius 1 is 1.00 bits per heavy atom. The van der Waals surface area contributed by atoms with E-state index in [1.807, 2.05) is 12.1 Å². The highest BCUT2D eigenvalue weighted by molar-refractivity contribution is 6.43. The molecular formula is C10H15Cl5N2. The van der Waals surface area contributed by atoms with Crippen LogP contribution in [0.25, 0.3) is 0 Å². The van der Waals surface area contributed by atoms with Crippen LogP contribution in [0.3, 0.4) is 0 Å². The Morgan fingerprint density at radius 3 is 2.35 bits per heavy atom. The van der Waals surface area contributed by atoms with E-state index in [1.54, 1.807) is 6.07 Å². The lowest BCUT2D eigenvalue weighted by molar-refractivity contribution is 0.742. The second-order valence-corrected chi connectivity index (χ2v) is 4.13. The van der Waals surface area contributed by atoms with Crippen LogP contribution in [-0.4, -0.2) is 25.5 Å². The van der Waals surface area contributed by atoms with Crippen molar-refractivity contribution in [1.82, 2.24) is 5.32 Å². The van der Waals surface area contributed by atoms with E-state index < -0.39 is 0 Å². The van der Waals surface area contributed by atoms with E-state index in [2.05, 4.69) is 10.6 Å². The van der Waals surface area contributed by atoms with Crippen molar-refractivity contribution in [2.45, 2.75) is 0 Å². The van der Waals surface area contributed by atoms with E-state index in [1.165, 1.54) is 0 Å². The minimum absolute atomic E-state index is 0. The monoisotopic (exact) mass is 338 g/mol. The molecule has 0 amide bonds. The zero-order valence-electron chi connectivity index (χ0n) is 9.01. The second-order valence-electron chi connectivity index (χ2n) is 2.97. The molecule has 0 aliphatic carbocycles. The molecule has 0 spiro atoms. The van der Waals surface area contributed by atoms with Crippen molar-refractivity contribution in [1.29, 1.82) is 0 Å². The number of hydrogen-bond donors (Lipinski definition) is 2. The molecule has 100 valence electrons. The van der Waals surface area contributed by atoms with Crippen molar-refractivity contribution >= 4 is 65.3 Å². The van der Waals surface area contributed by atoms with Gasteiger partial charge in [0.2, 0.25) is 0 Å². The van der Waals surface area contributed by atoms with Crippen molar-refractivity contribution in [3.63, 3.8) is 0 Å². The van der Waals surface area contributed by atoms with Crippen LogP contribution in [0.15, 0.2) is 18.2 Å². The maximum Gasteiger partial charge on any atom is 0.0823 e. The summed E-state index contributed by atoms with van der Waals surface area (Å²) in [4.78, 5) is 0. The van der Waals surface area contributed by atoms with Crippen LogP contribution in [0.1, 0.15) is 0 Å². The zero-order chi connectivity index (χ0) is 11.1. The van der Waals surface area contributed by atoms with E-state index in [-0.39, 0.29) is 24.8 Å². The molecule has 2 N–H and O–H groups in total. The number of benzene rings is 1. The Kier molecular flexibility index (Phi) is 13.4. The fourth-order valence-electron chi connectivity index (χ4n) is 1.12. The number of hydrogen-bond acceptors (Lipinski definition) is 2. The molecule has 0 aliphatic rings. The summed E-state index contributed by atoms with van der Waals surface area (Å²) in [6.45, 7) is 2.44. The summed E-state index contributed by atoms with van der Waals surface area (Å²) in [5.41, 5.74) is 0.858. The predicted molar refractivity (Wildman–Crippen MR) is 83.0 cm³/mol. The van der Waals surface area contributed by atoms with E-state index >= 15 is 0 Å². The van der Waals surface area contributed by atoms with E-state index in [4.69, 9.17) is 34.8 Å². The van der Waals surface area contributed by atoms with E-state index in [0.717, 1.165) is 25.3 Å². The maximum absolute atomic E-state index is 6.00. The smallest absolute Gasteiger partial charge is 0.0823 e. The van der Waals surface area contributed by atoms with Gasteiger partial charge in [-0.15, -0.1) is 36.4 Å². The van der Waals surface area contributed by atoms with Gasteiger partial charge in [0.05, 0.1) is 15.7 Å². The summed E-state index contributed by atoms with van der Waals surface area (Å²) >= 11 is 17.4. The van der Waals surface area contributed by atoms with Crippen LogP contribution in [-0.2, 0) is 0 Å². The Morgan fingerprint density at radius 2 is 1.71 bits per heavy atom. The average molecular weight is 341 g/mol. The van der Waals surface area contributed by atoms with Gasteiger partial charge in [-0.1, -0.05) is 29.3 Å². The Hall–Kier alpha value is 0.430. The largest absolute Gasteiger partial charge is 0.383 e. The van der Waals surface area contributed by atoms with Gasteiger partial charge in [0.25, 0.3) is 0 Å². The van der Waals surface area contributed by atoms with Crippen LogP contribution in [0.4, 0.5) is 5.69 Å². The molecule has 0 bridgehead atoms. The first-order valence-electron chi connectivity index (χ1n) is 4.70. The van der Waals surface area contributed by atoms with Crippen molar-refractivity contribution in [2.75, 3.05) is 30.8 Å². The van der Waals surface area contributed by atoms with E-state index in [9.17, 15) is 0 Å². The molecule has 1 aromatic rings. The number of rotatable bonds is 6. The quantitative estimate of drug-likeness (QED) is 0.602. The molecule has 0 heterocycles. The number of alkyl halides is 1. The molecule has 0 aliphatic heterocycles. The standard InChI is InChI=1S/C10H13Cl3N2.2ClH/c11-4-5-14-6-7-15-9-3-1-2-8(12)10(9)13;;/h1-3,14-15H,4-7H2;2*1H. The third-order valence-corrected chi connectivity index (χ3v) is 2.85. The van der Waals surface area contributed by atoms with Gasteiger partial charge < -0.3 is 10.6 Å². The lowest BCUT2D eigenvalue weighted by Gasteiger charge is -2.09. The first-order chi connectivity index (χ1) is 7.25. The molecular weight excluding hydrogens is 325 g/mol. The lowest BCUT2D eigenvalue weighted by atomic mass is 10.3. The maximum atomic E-state index is 6.00. The van der Waals surface area contributed by atoms with Gasteiger partial charge in [0, 0.05) is 25.5 Å². The van der Waals surface area contributed by atoms with Crippen LogP contribution >= 0.6 is 59.6 Å². The van der Waals surface area contributed by atoms with Crippen molar-refractivity contribution in [2.24, 2.45) is 0 Å². The molecule has 0 saturated carbocycles. The normalized spacial score (nSPS) is 9.12. The Bertz CT molecular complexity index is 309. The van der Waals surface area contributed by atoms with Crippen molar-refractivity contribution < 1.29 is 0 Å². The molecule has 17 heavy (non-hydrogen) atoms. The molecule has 0 unspecified atom stereocenters. The summed E-state index contributed by atoms with van der Waals surface area (Å²) in [7, 11) is 0. The summed E-state index contributed by atoms with van der Waals surface area (Å²) in [5.74, 6) is 0.623. The molecule has 2 nitrogen and oxygen atoms in total. The third kappa shape index (κ3) is 7.45. The minimum Gasteiger partial charge on any atom is -0.383 e. The molecule has 0 fully saturated rings. The highest BCUT2D eigenvalue weighted by Gasteiger charge is 2.02. The third-order valence-electron chi connectivity index (χ3n) is 1.84. The number of anilines is 1. The molecule has 1 aromatic carbocycles. The van der Waals surface area contributed by atoms with Gasteiger partial charge >= 0.3 is 0 Å². The summed E-state index contributed by atoms with van der Waals surface area (Å²) < 4.78 is 0. The average Bonchev–Trinajstić information content (AvgIpc) is 2.24. The Labute approximate surface area is 129 Å². The minimum atomic E-state index is 0. The fraction of sp³-hybridized carbons (Fsp3) is 0.400. The van der Waals surface area contributed by atoms with Gasteiger partial charge in [0.15, 0.2) is 0 Å². The zero-order valence-corrected chi connectivity index (χ0v) is 12.9. The summed E-state index contributed by atoms with van der Waals surface area (Å²) in [5, 5.41) is 7.49. The van der Waals surface area contributed by atoms with E-state index in [0.29, 0.717) is 15.9 Å². The highest BCUT2D eigenvalue weighted by atomic mass is 35.5. The summed E-state index contributed by atoms with van der Waals surface area (Å²) in [6.07, 6.45) is 0. The van der Waals surface area contributed by atoms with Gasteiger partial charge in [0.1, 0.15) is 0 Å². The second kappa shape index (κ2) is 11.5. The van der Waals surface area contributed by atoms with Gasteiger partial charge in [-0.25, -0.2) is 0 Å². The molecule has 0 atom stereocenters. The van der Waals surface area contributed by atoms with Crippen LogP contribution in [0.5, 0.6) is 0 Å². The molecule has 0 saturated heterocycles. The topological polar surface area (TPSA) is 24.1 Å². The molecule has 0 aromatic heterocycles. The number of nitrogens with one attached hydrogen (secondary N) is 2. The van der Waals surface area contributed by atoms with Crippen molar-refractivity contribution in [3.05, 3.63) is 28.2 Å². The molecule has 7 heteroatoms. The van der Waals surface area contributed by atoms with Crippen LogP contribution in [0, 0.1) is 0 Å². The van der Waals surface area contributed by atoms with Gasteiger partial charge in [-0.2, -0.15) is 0 Å². The fourth-order valence-corrected chi connectivity index (χ4v) is 1.62. The lowest BCUT2D eigenvalue weighted by Crippen LogP contribution is -2.23. The molecule has 0 radical (unpaired) electrons. The highest BCUT2D eigenvalue weighted by Crippen LogP contribution is 2.29.